The third kappa shape index (κ3) is 5.19. The fraction of sp³-hybridized carbons (Fsp3) is 0.0800. The summed E-state index contributed by atoms with van der Waals surface area (Å²) in [4.78, 5) is 28.6. The molecule has 1 heterocycles. The Morgan fingerprint density at radius 3 is 2.27 bits per heavy atom. The molecular weight excluding hydrogens is 416 g/mol. The zero-order chi connectivity index (χ0) is 23.2. The number of aromatic nitrogens is 3. The van der Waals surface area contributed by atoms with Gasteiger partial charge in [-0.2, -0.15) is 5.10 Å². The molecule has 0 atom stereocenters. The molecule has 0 aliphatic rings. The lowest BCUT2D eigenvalue weighted by molar-refractivity contribution is -0.114. The third-order valence-electron chi connectivity index (χ3n) is 4.77. The fourth-order valence-corrected chi connectivity index (χ4v) is 3.21. The minimum Gasteiger partial charge on any atom is -0.326 e. The Hall–Kier alpha value is -4.59. The molecule has 0 fully saturated rings. The van der Waals surface area contributed by atoms with Gasteiger partial charge in [-0.1, -0.05) is 60.7 Å². The third-order valence-corrected chi connectivity index (χ3v) is 4.77. The second-order valence-electron chi connectivity index (χ2n) is 7.27. The van der Waals surface area contributed by atoms with Crippen LogP contribution < -0.4 is 10.7 Å². The number of nitrogens with zero attached hydrogens (tertiary/aromatic N) is 4. The molecule has 2 amide bonds. The smallest absolute Gasteiger partial charge is 0.311 e. The summed E-state index contributed by atoms with van der Waals surface area (Å²) in [5.74, 6) is -0.138. The van der Waals surface area contributed by atoms with Gasteiger partial charge in [-0.3, -0.25) is 9.59 Å². The quantitative estimate of drug-likeness (QED) is 0.350. The van der Waals surface area contributed by atoms with Crippen LogP contribution in [0.2, 0.25) is 0 Å². The van der Waals surface area contributed by atoms with Crippen LogP contribution in [0.15, 0.2) is 90.0 Å². The van der Waals surface area contributed by atoms with Gasteiger partial charge in [0.25, 0.3) is 0 Å². The van der Waals surface area contributed by atoms with Gasteiger partial charge in [0.05, 0.1) is 11.4 Å². The molecule has 4 rings (SSSR count). The number of hydrogen-bond acceptors (Lipinski definition) is 5. The van der Waals surface area contributed by atoms with Crippen LogP contribution in [0.5, 0.6) is 0 Å². The van der Waals surface area contributed by atoms with Crippen molar-refractivity contribution in [2.45, 2.75) is 13.8 Å². The zero-order valence-electron chi connectivity index (χ0n) is 18.2. The number of amides is 2. The van der Waals surface area contributed by atoms with Crippen molar-refractivity contribution in [2.24, 2.45) is 5.10 Å². The number of nitrogens with one attached hydrogen (secondary N) is 2. The van der Waals surface area contributed by atoms with E-state index in [1.165, 1.54) is 6.92 Å². The average Bonchev–Trinajstić information content (AvgIpc) is 3.29. The second kappa shape index (κ2) is 9.69. The van der Waals surface area contributed by atoms with Gasteiger partial charge < -0.3 is 5.32 Å². The molecular formula is C25H22N6O2. The fourth-order valence-electron chi connectivity index (χ4n) is 3.21. The van der Waals surface area contributed by atoms with Crippen LogP contribution in [-0.4, -0.2) is 32.3 Å². The summed E-state index contributed by atoms with van der Waals surface area (Å²) in [6.07, 6.45) is 0. The Morgan fingerprint density at radius 2 is 1.58 bits per heavy atom. The van der Waals surface area contributed by atoms with Crippen molar-refractivity contribution in [3.63, 3.8) is 0 Å². The van der Waals surface area contributed by atoms with Crippen LogP contribution in [0, 0.1) is 0 Å². The van der Waals surface area contributed by atoms with Crippen LogP contribution >= 0.6 is 0 Å². The molecule has 3 aromatic carbocycles. The van der Waals surface area contributed by atoms with Crippen molar-refractivity contribution >= 4 is 23.2 Å². The van der Waals surface area contributed by atoms with Gasteiger partial charge in [0.1, 0.15) is 0 Å². The SMILES string of the molecule is CC(=O)Nc1cccc(/C(C)=N/NC(=O)c2nc(-c3ccccc3)n(-c3ccccc3)n2)c1. The Kier molecular flexibility index (Phi) is 6.36. The second-order valence-corrected chi connectivity index (χ2v) is 7.27. The number of carbonyl (C=O) groups is 2. The molecule has 8 nitrogen and oxygen atoms in total. The Bertz CT molecular complexity index is 1260. The van der Waals surface area contributed by atoms with Gasteiger partial charge in [0.2, 0.25) is 11.7 Å². The molecule has 8 heteroatoms. The van der Waals surface area contributed by atoms with Crippen molar-refractivity contribution in [3.05, 3.63) is 96.3 Å². The summed E-state index contributed by atoms with van der Waals surface area (Å²) in [5.41, 5.74) is 6.13. The number of carbonyl (C=O) groups excluding carboxylic acids is 2. The van der Waals surface area contributed by atoms with Gasteiger partial charge in [0, 0.05) is 18.2 Å². The Morgan fingerprint density at radius 1 is 0.879 bits per heavy atom. The van der Waals surface area contributed by atoms with Crippen molar-refractivity contribution in [1.82, 2.24) is 20.2 Å². The van der Waals surface area contributed by atoms with E-state index in [1.807, 2.05) is 66.7 Å². The lowest BCUT2D eigenvalue weighted by Gasteiger charge is -2.05. The van der Waals surface area contributed by atoms with Crippen LogP contribution in [0.1, 0.15) is 30.0 Å². The summed E-state index contributed by atoms with van der Waals surface area (Å²) in [7, 11) is 0. The number of benzene rings is 3. The number of anilines is 1. The van der Waals surface area contributed by atoms with Crippen molar-refractivity contribution in [3.8, 4) is 17.1 Å². The summed E-state index contributed by atoms with van der Waals surface area (Å²) in [6, 6.07) is 26.2. The number of hydrazone groups is 1. The largest absolute Gasteiger partial charge is 0.326 e. The highest BCUT2D eigenvalue weighted by Crippen LogP contribution is 2.21. The van der Waals surface area contributed by atoms with Gasteiger partial charge >= 0.3 is 5.91 Å². The first-order chi connectivity index (χ1) is 16.0. The predicted octanol–water partition coefficient (Wildman–Crippen LogP) is 4.05. The van der Waals surface area contributed by atoms with E-state index in [1.54, 1.807) is 29.8 Å². The normalized spacial score (nSPS) is 11.2. The molecule has 2 N–H and O–H groups in total. The minimum atomic E-state index is -0.528. The summed E-state index contributed by atoms with van der Waals surface area (Å²) in [6.45, 7) is 3.21. The van der Waals surface area contributed by atoms with Gasteiger partial charge in [0.15, 0.2) is 5.82 Å². The van der Waals surface area contributed by atoms with E-state index in [-0.39, 0.29) is 11.7 Å². The highest BCUT2D eigenvalue weighted by molar-refractivity contribution is 6.01. The molecule has 0 aliphatic carbocycles. The van der Waals surface area contributed by atoms with Crippen molar-refractivity contribution in [1.29, 1.82) is 0 Å². The van der Waals surface area contributed by atoms with E-state index in [0.717, 1.165) is 16.8 Å². The molecule has 0 radical (unpaired) electrons. The lowest BCUT2D eigenvalue weighted by atomic mass is 10.1. The molecule has 0 spiro atoms. The molecule has 0 bridgehead atoms. The zero-order valence-corrected chi connectivity index (χ0v) is 18.2. The summed E-state index contributed by atoms with van der Waals surface area (Å²) >= 11 is 0. The summed E-state index contributed by atoms with van der Waals surface area (Å²) in [5, 5.41) is 11.3. The molecule has 33 heavy (non-hydrogen) atoms. The first kappa shape index (κ1) is 21.6. The lowest BCUT2D eigenvalue weighted by Crippen LogP contribution is -2.21. The minimum absolute atomic E-state index is 0.00116. The maximum absolute atomic E-state index is 12.8. The van der Waals surface area contributed by atoms with E-state index in [9.17, 15) is 9.59 Å². The van der Waals surface area contributed by atoms with E-state index in [2.05, 4.69) is 25.9 Å². The number of para-hydroxylation sites is 1. The van der Waals surface area contributed by atoms with Crippen molar-refractivity contribution in [2.75, 3.05) is 5.32 Å². The van der Waals surface area contributed by atoms with E-state index >= 15 is 0 Å². The number of rotatable bonds is 6. The monoisotopic (exact) mass is 438 g/mol. The highest BCUT2D eigenvalue weighted by atomic mass is 16.2. The van der Waals surface area contributed by atoms with E-state index < -0.39 is 5.91 Å². The first-order valence-electron chi connectivity index (χ1n) is 10.3. The molecule has 164 valence electrons. The number of hydrogen-bond donors (Lipinski definition) is 2. The van der Waals surface area contributed by atoms with Crippen LogP contribution in [0.25, 0.3) is 17.1 Å². The predicted molar refractivity (Wildman–Crippen MR) is 127 cm³/mol. The van der Waals surface area contributed by atoms with Crippen LogP contribution in [-0.2, 0) is 4.79 Å². The van der Waals surface area contributed by atoms with Gasteiger partial charge in [-0.25, -0.2) is 15.1 Å². The first-order valence-corrected chi connectivity index (χ1v) is 10.3. The van der Waals surface area contributed by atoms with Crippen molar-refractivity contribution < 1.29 is 9.59 Å². The maximum Gasteiger partial charge on any atom is 0.311 e. The van der Waals surface area contributed by atoms with E-state index in [0.29, 0.717) is 17.2 Å². The molecule has 0 saturated carbocycles. The summed E-state index contributed by atoms with van der Waals surface area (Å²) < 4.78 is 1.64. The van der Waals surface area contributed by atoms with Gasteiger partial charge in [-0.15, -0.1) is 5.10 Å². The van der Waals surface area contributed by atoms with Crippen LogP contribution in [0.4, 0.5) is 5.69 Å². The Labute approximate surface area is 191 Å². The maximum atomic E-state index is 12.8. The molecule has 0 unspecified atom stereocenters. The van der Waals surface area contributed by atoms with Gasteiger partial charge in [-0.05, 0) is 36.8 Å². The molecule has 0 aliphatic heterocycles. The standard InChI is InChI=1S/C25H22N6O2/c1-17(20-12-9-13-21(16-20)26-18(2)32)28-29-25(33)23-27-24(19-10-5-3-6-11-19)31(30-23)22-14-7-4-8-15-22/h3-16H,1-2H3,(H,26,32)(H,29,33)/b28-17+. The molecule has 1 aromatic heterocycles. The Balaban J connectivity index is 1.60. The van der Waals surface area contributed by atoms with E-state index in [4.69, 9.17) is 0 Å². The van der Waals surface area contributed by atoms with Crippen LogP contribution in [0.3, 0.4) is 0 Å². The molecule has 0 saturated heterocycles. The molecule has 4 aromatic rings. The average molecular weight is 438 g/mol. The topological polar surface area (TPSA) is 101 Å². The highest BCUT2D eigenvalue weighted by Gasteiger charge is 2.18.